The number of carbonyl (C=O) groups excluding carboxylic acids is 2. The first-order valence-corrected chi connectivity index (χ1v) is 9.53. The fourth-order valence-electron chi connectivity index (χ4n) is 3.20. The maximum atomic E-state index is 12.5. The molecule has 7 heteroatoms. The molecule has 1 aliphatic heterocycles. The van der Waals surface area contributed by atoms with Crippen LogP contribution in [0.5, 0.6) is 0 Å². The van der Waals surface area contributed by atoms with E-state index < -0.39 is 0 Å². The second-order valence-corrected chi connectivity index (χ2v) is 6.90. The second kappa shape index (κ2) is 8.81. The van der Waals surface area contributed by atoms with Crippen LogP contribution in [-0.2, 0) is 11.3 Å². The van der Waals surface area contributed by atoms with Crippen molar-refractivity contribution in [2.45, 2.75) is 6.54 Å². The smallest absolute Gasteiger partial charge is 0.256 e. The lowest BCUT2D eigenvalue weighted by Crippen LogP contribution is -2.35. The van der Waals surface area contributed by atoms with Gasteiger partial charge in [0.1, 0.15) is 5.82 Å². The summed E-state index contributed by atoms with van der Waals surface area (Å²) in [5.41, 5.74) is 2.68. The molecule has 1 saturated heterocycles. The van der Waals surface area contributed by atoms with Gasteiger partial charge in [-0.15, -0.1) is 0 Å². The number of aromatic amines is 1. The van der Waals surface area contributed by atoms with E-state index in [1.807, 2.05) is 6.07 Å². The number of amides is 1. The third-order valence-corrected chi connectivity index (χ3v) is 4.85. The first-order chi connectivity index (χ1) is 14.2. The number of carbonyl (C=O) groups is 2. The topological polar surface area (TPSA) is 87.3 Å². The molecule has 0 aliphatic carbocycles. The number of anilines is 1. The maximum Gasteiger partial charge on any atom is 0.256 e. The van der Waals surface area contributed by atoms with Crippen molar-refractivity contribution in [1.29, 1.82) is 0 Å². The molecule has 1 fully saturated rings. The number of benzene rings is 1. The van der Waals surface area contributed by atoms with Crippen LogP contribution in [0.1, 0.15) is 31.8 Å². The highest BCUT2D eigenvalue weighted by atomic mass is 16.5. The van der Waals surface area contributed by atoms with E-state index in [1.54, 1.807) is 55.0 Å². The number of nitrogens with zero attached hydrogens (tertiary/aromatic N) is 2. The Morgan fingerprint density at radius 2 is 1.76 bits per heavy atom. The number of ether oxygens (including phenoxy) is 1. The van der Waals surface area contributed by atoms with Gasteiger partial charge in [-0.05, 0) is 29.8 Å². The van der Waals surface area contributed by atoms with Crippen molar-refractivity contribution in [3.63, 3.8) is 0 Å². The molecule has 0 radical (unpaired) electrons. The van der Waals surface area contributed by atoms with Gasteiger partial charge in [0.15, 0.2) is 5.78 Å². The van der Waals surface area contributed by atoms with E-state index in [0.717, 1.165) is 38.4 Å². The van der Waals surface area contributed by atoms with Crippen LogP contribution in [0.4, 0.5) is 5.82 Å². The molecule has 0 saturated carbocycles. The van der Waals surface area contributed by atoms with Crippen LogP contribution in [0.2, 0.25) is 0 Å². The van der Waals surface area contributed by atoms with Crippen molar-refractivity contribution in [2.24, 2.45) is 0 Å². The molecule has 29 heavy (non-hydrogen) atoms. The van der Waals surface area contributed by atoms with Crippen molar-refractivity contribution >= 4 is 17.5 Å². The lowest BCUT2D eigenvalue weighted by atomic mass is 10.0. The Bertz CT molecular complexity index is 960. The molecule has 0 atom stereocenters. The van der Waals surface area contributed by atoms with Crippen LogP contribution in [-0.4, -0.2) is 52.9 Å². The van der Waals surface area contributed by atoms with Crippen molar-refractivity contribution < 1.29 is 14.3 Å². The van der Waals surface area contributed by atoms with E-state index in [9.17, 15) is 9.59 Å². The number of rotatable bonds is 6. The molecule has 2 N–H and O–H groups in total. The molecule has 1 amide bonds. The van der Waals surface area contributed by atoms with E-state index in [4.69, 9.17) is 4.74 Å². The van der Waals surface area contributed by atoms with E-state index in [2.05, 4.69) is 20.2 Å². The van der Waals surface area contributed by atoms with Crippen molar-refractivity contribution in [3.05, 3.63) is 83.3 Å². The quantitative estimate of drug-likeness (QED) is 0.632. The van der Waals surface area contributed by atoms with Crippen LogP contribution < -0.4 is 5.32 Å². The molecular formula is C22H22N4O3. The normalized spacial score (nSPS) is 14.5. The molecule has 1 aromatic carbocycles. The molecule has 3 heterocycles. The highest BCUT2D eigenvalue weighted by Crippen LogP contribution is 2.13. The summed E-state index contributed by atoms with van der Waals surface area (Å²) in [6.07, 6.45) is 5.13. The van der Waals surface area contributed by atoms with E-state index in [0.29, 0.717) is 22.5 Å². The van der Waals surface area contributed by atoms with Crippen LogP contribution in [0.25, 0.3) is 0 Å². The number of hydrogen-bond donors (Lipinski definition) is 2. The average molecular weight is 390 g/mol. The summed E-state index contributed by atoms with van der Waals surface area (Å²) in [5, 5.41) is 2.79. The molecule has 0 spiro atoms. The number of pyridine rings is 1. The second-order valence-electron chi connectivity index (χ2n) is 6.90. The monoisotopic (exact) mass is 390 g/mol. The third-order valence-electron chi connectivity index (χ3n) is 4.85. The first-order valence-electron chi connectivity index (χ1n) is 9.53. The van der Waals surface area contributed by atoms with Gasteiger partial charge in [0, 0.05) is 54.9 Å². The minimum Gasteiger partial charge on any atom is -0.379 e. The molecule has 0 bridgehead atoms. The molecule has 2 aromatic heterocycles. The summed E-state index contributed by atoms with van der Waals surface area (Å²) in [5.74, 6) is 0.142. The Morgan fingerprint density at radius 1 is 1.00 bits per heavy atom. The van der Waals surface area contributed by atoms with Gasteiger partial charge < -0.3 is 15.0 Å². The predicted molar refractivity (Wildman–Crippen MR) is 109 cm³/mol. The number of hydrogen-bond acceptors (Lipinski definition) is 5. The SMILES string of the molecule is O=C(Nc1ccc(CN2CCOCC2)cn1)c1ccc(C(=O)c2cc[nH]c2)cc1. The number of nitrogens with one attached hydrogen (secondary N) is 2. The number of aromatic nitrogens is 2. The summed E-state index contributed by atoms with van der Waals surface area (Å²) in [7, 11) is 0. The summed E-state index contributed by atoms with van der Waals surface area (Å²) >= 11 is 0. The zero-order chi connectivity index (χ0) is 20.1. The predicted octanol–water partition coefficient (Wildman–Crippen LogP) is 2.73. The minimum absolute atomic E-state index is 0.0873. The molecule has 3 aromatic rings. The van der Waals surface area contributed by atoms with E-state index >= 15 is 0 Å². The molecule has 4 rings (SSSR count). The molecule has 148 valence electrons. The Balaban J connectivity index is 1.35. The molecule has 0 unspecified atom stereocenters. The van der Waals surface area contributed by atoms with E-state index in [1.165, 1.54) is 0 Å². The molecular weight excluding hydrogens is 368 g/mol. The standard InChI is InChI=1S/C22H22N4O3/c27-21(19-7-8-23-14-19)17-2-4-18(5-3-17)22(28)25-20-6-1-16(13-24-20)15-26-9-11-29-12-10-26/h1-8,13-14,23H,9-12,15H2,(H,24,25,28). The Kier molecular flexibility index (Phi) is 5.79. The Hall–Kier alpha value is -3.29. The number of ketones is 1. The van der Waals surface area contributed by atoms with Crippen LogP contribution in [0, 0.1) is 0 Å². The van der Waals surface area contributed by atoms with Gasteiger partial charge in [-0.2, -0.15) is 0 Å². The largest absolute Gasteiger partial charge is 0.379 e. The zero-order valence-electron chi connectivity index (χ0n) is 15.9. The lowest BCUT2D eigenvalue weighted by Gasteiger charge is -2.26. The van der Waals surface area contributed by atoms with Gasteiger partial charge >= 0.3 is 0 Å². The van der Waals surface area contributed by atoms with Crippen LogP contribution in [0.15, 0.2) is 61.1 Å². The van der Waals surface area contributed by atoms with Gasteiger partial charge in [0.2, 0.25) is 0 Å². The fourth-order valence-corrected chi connectivity index (χ4v) is 3.20. The van der Waals surface area contributed by atoms with E-state index in [-0.39, 0.29) is 11.7 Å². The third kappa shape index (κ3) is 4.77. The highest BCUT2D eigenvalue weighted by molar-refractivity contribution is 6.10. The van der Waals surface area contributed by atoms with Crippen LogP contribution in [0.3, 0.4) is 0 Å². The summed E-state index contributed by atoms with van der Waals surface area (Å²) in [4.78, 5) is 34.3. The van der Waals surface area contributed by atoms with Crippen molar-refractivity contribution in [1.82, 2.24) is 14.9 Å². The molecule has 1 aliphatic rings. The number of H-pyrrole nitrogens is 1. The Morgan fingerprint density at radius 3 is 2.41 bits per heavy atom. The van der Waals surface area contributed by atoms with Gasteiger partial charge in [0.25, 0.3) is 5.91 Å². The fraction of sp³-hybridized carbons (Fsp3) is 0.227. The van der Waals surface area contributed by atoms with Gasteiger partial charge in [-0.1, -0.05) is 18.2 Å². The highest BCUT2D eigenvalue weighted by Gasteiger charge is 2.13. The summed E-state index contributed by atoms with van der Waals surface area (Å²) in [6, 6.07) is 12.1. The number of morpholine rings is 1. The summed E-state index contributed by atoms with van der Waals surface area (Å²) < 4.78 is 5.36. The van der Waals surface area contributed by atoms with Crippen molar-refractivity contribution in [2.75, 3.05) is 31.6 Å². The minimum atomic E-state index is -0.265. The van der Waals surface area contributed by atoms with Crippen LogP contribution >= 0.6 is 0 Å². The lowest BCUT2D eigenvalue weighted by molar-refractivity contribution is 0.0341. The average Bonchev–Trinajstić information content (AvgIpc) is 3.30. The van der Waals surface area contributed by atoms with Gasteiger partial charge in [0.05, 0.1) is 13.2 Å². The first kappa shape index (κ1) is 19.0. The maximum absolute atomic E-state index is 12.5. The Labute approximate surface area is 168 Å². The molecule has 7 nitrogen and oxygen atoms in total. The zero-order valence-corrected chi connectivity index (χ0v) is 15.9. The van der Waals surface area contributed by atoms with Gasteiger partial charge in [-0.25, -0.2) is 4.98 Å². The van der Waals surface area contributed by atoms with Gasteiger partial charge in [-0.3, -0.25) is 14.5 Å². The summed E-state index contributed by atoms with van der Waals surface area (Å²) in [6.45, 7) is 4.18. The van der Waals surface area contributed by atoms with Crippen molar-refractivity contribution in [3.8, 4) is 0 Å².